The minimum Gasteiger partial charge on any atom is -0.497 e. The van der Waals surface area contributed by atoms with Crippen LogP contribution >= 0.6 is 0 Å². The van der Waals surface area contributed by atoms with Gasteiger partial charge in [0.25, 0.3) is 0 Å². The van der Waals surface area contributed by atoms with Crippen molar-refractivity contribution in [2.24, 2.45) is 0 Å². The summed E-state index contributed by atoms with van der Waals surface area (Å²) in [6.45, 7) is 8.00. The van der Waals surface area contributed by atoms with Gasteiger partial charge in [-0.25, -0.2) is 9.78 Å². The number of nitrogens with one attached hydrogen (secondary N) is 2. The molecule has 1 aromatic heterocycles. The normalized spacial score (nSPS) is 12.5. The molecule has 1 heterocycles. The number of oxazole rings is 1. The second-order valence-corrected chi connectivity index (χ2v) is 7.88. The van der Waals surface area contributed by atoms with Gasteiger partial charge >= 0.3 is 6.03 Å². The lowest BCUT2D eigenvalue weighted by Crippen LogP contribution is -2.31. The molecule has 0 aliphatic carbocycles. The van der Waals surface area contributed by atoms with E-state index in [1.165, 1.54) is 0 Å². The van der Waals surface area contributed by atoms with Crippen LogP contribution in [0.3, 0.4) is 0 Å². The number of aromatic nitrogens is 1. The highest BCUT2D eigenvalue weighted by Crippen LogP contribution is 2.30. The van der Waals surface area contributed by atoms with Gasteiger partial charge in [-0.1, -0.05) is 20.8 Å². The molecule has 7 nitrogen and oxygen atoms in total. The number of hydrogen-bond donors (Lipinski definition) is 2. The summed E-state index contributed by atoms with van der Waals surface area (Å²) in [6.07, 6.45) is 0. The summed E-state index contributed by atoms with van der Waals surface area (Å²) in [7, 11) is 3.19. The van der Waals surface area contributed by atoms with Crippen molar-refractivity contribution >= 4 is 22.8 Å². The number of methoxy groups -OCH3 is 2. The molecule has 1 atom stereocenters. The van der Waals surface area contributed by atoms with Crippen molar-refractivity contribution in [3.05, 3.63) is 47.9 Å². The van der Waals surface area contributed by atoms with Gasteiger partial charge in [0, 0.05) is 16.7 Å². The molecule has 3 aromatic rings. The van der Waals surface area contributed by atoms with E-state index in [1.807, 2.05) is 52.0 Å². The molecule has 2 aromatic carbocycles. The Bertz CT molecular complexity index is 1020. The molecule has 0 aliphatic heterocycles. The third-order valence-electron chi connectivity index (χ3n) is 4.54. The second-order valence-electron chi connectivity index (χ2n) is 7.88. The minimum atomic E-state index is -0.332. The maximum Gasteiger partial charge on any atom is 0.319 e. The highest BCUT2D eigenvalue weighted by molar-refractivity contribution is 5.91. The largest absolute Gasteiger partial charge is 0.497 e. The molecule has 29 heavy (non-hydrogen) atoms. The summed E-state index contributed by atoms with van der Waals surface area (Å²) >= 11 is 0. The Balaban J connectivity index is 1.73. The van der Waals surface area contributed by atoms with Crippen LogP contribution in [0.15, 0.2) is 40.8 Å². The number of ether oxygens (including phenoxy) is 2. The molecule has 3 rings (SSSR count). The molecule has 0 fully saturated rings. The molecule has 0 radical (unpaired) electrons. The molecule has 0 saturated heterocycles. The van der Waals surface area contributed by atoms with Crippen molar-refractivity contribution in [3.8, 4) is 11.5 Å². The topological polar surface area (TPSA) is 85.6 Å². The molecule has 7 heteroatoms. The van der Waals surface area contributed by atoms with Crippen molar-refractivity contribution in [2.45, 2.75) is 39.2 Å². The predicted molar refractivity (Wildman–Crippen MR) is 113 cm³/mol. The average Bonchev–Trinajstić information content (AvgIpc) is 3.11. The average molecular weight is 397 g/mol. The number of nitrogens with zero attached hydrogens (tertiary/aromatic N) is 1. The van der Waals surface area contributed by atoms with Crippen LogP contribution in [-0.2, 0) is 5.41 Å². The highest BCUT2D eigenvalue weighted by atomic mass is 16.5. The summed E-state index contributed by atoms with van der Waals surface area (Å²) in [5.74, 6) is 2.03. The number of anilines is 1. The zero-order chi connectivity index (χ0) is 21.2. The van der Waals surface area contributed by atoms with Gasteiger partial charge in [0.1, 0.15) is 17.0 Å². The Morgan fingerprint density at radius 3 is 2.52 bits per heavy atom. The Kier molecular flexibility index (Phi) is 5.68. The zero-order valence-corrected chi connectivity index (χ0v) is 17.6. The number of amides is 2. The first-order chi connectivity index (χ1) is 13.7. The van der Waals surface area contributed by atoms with Crippen LogP contribution in [0.5, 0.6) is 11.5 Å². The van der Waals surface area contributed by atoms with E-state index in [1.54, 1.807) is 26.4 Å². The smallest absolute Gasteiger partial charge is 0.319 e. The van der Waals surface area contributed by atoms with Crippen molar-refractivity contribution in [1.29, 1.82) is 0 Å². The van der Waals surface area contributed by atoms with Gasteiger partial charge in [-0.15, -0.1) is 0 Å². The SMILES string of the molecule is COc1ccc(OC)c(C(C)NC(=O)Nc2ccc3oc(C(C)(C)C)nc3c2)c1. The fourth-order valence-corrected chi connectivity index (χ4v) is 2.95. The van der Waals surface area contributed by atoms with Crippen molar-refractivity contribution in [2.75, 3.05) is 19.5 Å². The lowest BCUT2D eigenvalue weighted by atomic mass is 9.97. The van der Waals surface area contributed by atoms with Crippen LogP contribution in [0.25, 0.3) is 11.1 Å². The third-order valence-corrected chi connectivity index (χ3v) is 4.54. The van der Waals surface area contributed by atoms with Crippen LogP contribution in [0.2, 0.25) is 0 Å². The van der Waals surface area contributed by atoms with Crippen molar-refractivity contribution in [1.82, 2.24) is 10.3 Å². The standard InChI is InChI=1S/C22H27N3O4/c1-13(16-12-15(27-5)8-10-18(16)28-6)23-21(26)24-14-7-9-19-17(11-14)25-20(29-19)22(2,3)4/h7-13H,1-6H3,(H2,23,24,26). The molecule has 154 valence electrons. The lowest BCUT2D eigenvalue weighted by molar-refractivity contribution is 0.249. The molecule has 2 amide bonds. The van der Waals surface area contributed by atoms with Gasteiger partial charge < -0.3 is 24.5 Å². The van der Waals surface area contributed by atoms with E-state index in [-0.39, 0.29) is 17.5 Å². The number of urea groups is 1. The number of carbonyl (C=O) groups excluding carboxylic acids is 1. The van der Waals surface area contributed by atoms with Crippen molar-refractivity contribution < 1.29 is 18.7 Å². The first-order valence-corrected chi connectivity index (χ1v) is 9.42. The summed E-state index contributed by atoms with van der Waals surface area (Å²) in [5.41, 5.74) is 2.66. The lowest BCUT2D eigenvalue weighted by Gasteiger charge is -2.18. The van der Waals surface area contributed by atoms with E-state index >= 15 is 0 Å². The highest BCUT2D eigenvalue weighted by Gasteiger charge is 2.21. The Morgan fingerprint density at radius 2 is 1.86 bits per heavy atom. The molecule has 0 aliphatic rings. The van der Waals surface area contributed by atoms with Crippen LogP contribution < -0.4 is 20.1 Å². The van der Waals surface area contributed by atoms with E-state index in [2.05, 4.69) is 15.6 Å². The summed E-state index contributed by atoms with van der Waals surface area (Å²) in [5, 5.41) is 5.76. The van der Waals surface area contributed by atoms with Gasteiger partial charge in [0.15, 0.2) is 5.58 Å². The molecular weight excluding hydrogens is 370 g/mol. The first kappa shape index (κ1) is 20.5. The van der Waals surface area contributed by atoms with Gasteiger partial charge in [0.05, 0.1) is 20.3 Å². The van der Waals surface area contributed by atoms with E-state index in [4.69, 9.17) is 13.9 Å². The number of fused-ring (bicyclic) bond motifs is 1. The number of benzene rings is 2. The minimum absolute atomic E-state index is 0.185. The van der Waals surface area contributed by atoms with E-state index in [9.17, 15) is 4.79 Å². The fraction of sp³-hybridized carbons (Fsp3) is 0.364. The maximum absolute atomic E-state index is 12.5. The zero-order valence-electron chi connectivity index (χ0n) is 17.6. The van der Waals surface area contributed by atoms with Gasteiger partial charge in [0.2, 0.25) is 5.89 Å². The van der Waals surface area contributed by atoms with E-state index in [0.717, 1.165) is 5.56 Å². The molecular formula is C22H27N3O4. The number of hydrogen-bond acceptors (Lipinski definition) is 5. The summed E-state index contributed by atoms with van der Waals surface area (Å²) in [4.78, 5) is 17.0. The first-order valence-electron chi connectivity index (χ1n) is 9.42. The fourth-order valence-electron chi connectivity index (χ4n) is 2.95. The van der Waals surface area contributed by atoms with Gasteiger partial charge in [-0.05, 0) is 43.3 Å². The summed E-state index contributed by atoms with van der Waals surface area (Å²) in [6, 6.07) is 10.2. The molecule has 0 saturated carbocycles. The monoisotopic (exact) mass is 397 g/mol. The third kappa shape index (κ3) is 4.62. The molecule has 2 N–H and O–H groups in total. The van der Waals surface area contributed by atoms with E-state index in [0.29, 0.717) is 34.2 Å². The molecule has 0 spiro atoms. The van der Waals surface area contributed by atoms with Crippen molar-refractivity contribution in [3.63, 3.8) is 0 Å². The van der Waals surface area contributed by atoms with Crippen LogP contribution in [0.1, 0.15) is 45.2 Å². The summed E-state index contributed by atoms with van der Waals surface area (Å²) < 4.78 is 16.5. The molecule has 0 bridgehead atoms. The maximum atomic E-state index is 12.5. The Morgan fingerprint density at radius 1 is 1.10 bits per heavy atom. The Labute approximate surface area is 170 Å². The van der Waals surface area contributed by atoms with Gasteiger partial charge in [-0.3, -0.25) is 0 Å². The van der Waals surface area contributed by atoms with E-state index < -0.39 is 0 Å². The molecule has 1 unspecified atom stereocenters. The van der Waals surface area contributed by atoms with Gasteiger partial charge in [-0.2, -0.15) is 0 Å². The number of rotatable bonds is 5. The van der Waals surface area contributed by atoms with Crippen LogP contribution in [0.4, 0.5) is 10.5 Å². The quantitative estimate of drug-likeness (QED) is 0.631. The predicted octanol–water partition coefficient (Wildman–Crippen LogP) is 5.03. The second kappa shape index (κ2) is 8.03. The van der Waals surface area contributed by atoms with Crippen LogP contribution in [0, 0.1) is 0 Å². The Hall–Kier alpha value is -3.22. The number of carbonyl (C=O) groups is 1. The van der Waals surface area contributed by atoms with Crippen LogP contribution in [-0.4, -0.2) is 25.2 Å².